The van der Waals surface area contributed by atoms with E-state index in [1.54, 1.807) is 16.9 Å². The highest BCUT2D eigenvalue weighted by Crippen LogP contribution is 2.59. The molecule has 3 aliphatic carbocycles. The molecular formula is C22H29N3S. The summed E-state index contributed by atoms with van der Waals surface area (Å²) < 4.78 is 1.28. The van der Waals surface area contributed by atoms with Crippen LogP contribution in [0.25, 0.3) is 10.2 Å². The maximum absolute atomic E-state index is 4.74. The van der Waals surface area contributed by atoms with Gasteiger partial charge in [0.05, 0.1) is 10.2 Å². The fourth-order valence-corrected chi connectivity index (χ4v) is 6.20. The Labute approximate surface area is 160 Å². The number of anilines is 1. The van der Waals surface area contributed by atoms with Crippen LogP contribution in [-0.2, 0) is 0 Å². The van der Waals surface area contributed by atoms with E-state index in [4.69, 9.17) is 4.98 Å². The molecule has 0 spiro atoms. The Balaban J connectivity index is 1.16. The third-order valence-corrected chi connectivity index (χ3v) is 8.17. The second-order valence-electron chi connectivity index (χ2n) is 9.00. The standard InChI is InChI=1S/C22H29N3S/c1-22(2)16-8-7-15(18(22)13-16)14-25-11-9-17(10-12-25)23-21-24-19-5-3-4-6-20(19)26-21/h3-7,16-18H,8-14H2,1-2H3,(H,23,24)/t16-,18-/m0/s1. The quantitative estimate of drug-likeness (QED) is 0.756. The number of para-hydroxylation sites is 1. The Morgan fingerprint density at radius 2 is 2.04 bits per heavy atom. The van der Waals surface area contributed by atoms with E-state index in [9.17, 15) is 0 Å². The number of rotatable bonds is 4. The Morgan fingerprint density at radius 3 is 2.77 bits per heavy atom. The predicted octanol–water partition coefficient (Wildman–Crippen LogP) is 5.17. The first-order chi connectivity index (χ1) is 12.6. The number of hydrogen-bond donors (Lipinski definition) is 1. The highest BCUT2D eigenvalue weighted by Gasteiger charge is 2.51. The number of likely N-dealkylation sites (tertiary alicyclic amines) is 1. The van der Waals surface area contributed by atoms with Crippen LogP contribution in [0.5, 0.6) is 0 Å². The van der Waals surface area contributed by atoms with Gasteiger partial charge in [0.1, 0.15) is 0 Å². The van der Waals surface area contributed by atoms with Gasteiger partial charge < -0.3 is 5.32 Å². The van der Waals surface area contributed by atoms with Crippen LogP contribution in [0.2, 0.25) is 0 Å². The molecule has 1 aromatic carbocycles. The van der Waals surface area contributed by atoms with Crippen molar-refractivity contribution in [3.05, 3.63) is 35.9 Å². The van der Waals surface area contributed by atoms with Crippen molar-refractivity contribution < 1.29 is 0 Å². The van der Waals surface area contributed by atoms with E-state index < -0.39 is 0 Å². The topological polar surface area (TPSA) is 28.2 Å². The molecule has 2 fully saturated rings. The first-order valence-electron chi connectivity index (χ1n) is 10.1. The van der Waals surface area contributed by atoms with Gasteiger partial charge in [0.25, 0.3) is 0 Å². The first-order valence-corrected chi connectivity index (χ1v) is 10.9. The lowest BCUT2D eigenvalue weighted by atomic mass is 9.49. The SMILES string of the molecule is CC1(C)[C@H]2CC=C(CN3CCC(Nc4nc5ccccc5s4)CC3)[C@@H]1C2. The molecule has 4 heteroatoms. The average molecular weight is 368 g/mol. The lowest BCUT2D eigenvalue weighted by Crippen LogP contribution is -2.50. The van der Waals surface area contributed by atoms with Gasteiger partial charge in [-0.1, -0.05) is 49.0 Å². The van der Waals surface area contributed by atoms with Gasteiger partial charge >= 0.3 is 0 Å². The Morgan fingerprint density at radius 1 is 1.23 bits per heavy atom. The zero-order chi connectivity index (χ0) is 17.7. The Bertz CT molecular complexity index is 796. The zero-order valence-corrected chi connectivity index (χ0v) is 16.7. The molecule has 1 aromatic heterocycles. The van der Waals surface area contributed by atoms with E-state index >= 15 is 0 Å². The summed E-state index contributed by atoms with van der Waals surface area (Å²) in [5, 5.41) is 4.78. The molecule has 0 amide bonds. The van der Waals surface area contributed by atoms with Crippen molar-refractivity contribution in [1.82, 2.24) is 9.88 Å². The first kappa shape index (κ1) is 16.8. The second kappa shape index (κ2) is 6.35. The van der Waals surface area contributed by atoms with Gasteiger partial charge in [0, 0.05) is 25.7 Å². The third kappa shape index (κ3) is 2.87. The van der Waals surface area contributed by atoms with Gasteiger partial charge in [-0.2, -0.15) is 0 Å². The molecule has 1 N–H and O–H groups in total. The van der Waals surface area contributed by atoms with Crippen LogP contribution in [-0.4, -0.2) is 35.6 Å². The number of piperidine rings is 1. The molecule has 2 bridgehead atoms. The van der Waals surface area contributed by atoms with Crippen molar-refractivity contribution in [2.45, 2.75) is 45.6 Å². The Hall–Kier alpha value is -1.39. The summed E-state index contributed by atoms with van der Waals surface area (Å²) in [6.07, 6.45) is 7.76. The fourth-order valence-electron chi connectivity index (χ4n) is 5.26. The molecule has 2 atom stereocenters. The van der Waals surface area contributed by atoms with E-state index in [1.807, 2.05) is 0 Å². The minimum absolute atomic E-state index is 0.552. The summed E-state index contributed by atoms with van der Waals surface area (Å²) in [6, 6.07) is 8.98. The predicted molar refractivity (Wildman–Crippen MR) is 111 cm³/mol. The fraction of sp³-hybridized carbons (Fsp3) is 0.591. The lowest BCUT2D eigenvalue weighted by Gasteiger charge is -2.57. The number of nitrogens with one attached hydrogen (secondary N) is 1. The molecule has 1 saturated heterocycles. The average Bonchev–Trinajstić information content (AvgIpc) is 3.05. The van der Waals surface area contributed by atoms with Gasteiger partial charge in [0.2, 0.25) is 0 Å². The monoisotopic (exact) mass is 367 g/mol. The molecule has 26 heavy (non-hydrogen) atoms. The highest BCUT2D eigenvalue weighted by atomic mass is 32.1. The zero-order valence-electron chi connectivity index (χ0n) is 15.9. The second-order valence-corrected chi connectivity index (χ2v) is 10.0. The van der Waals surface area contributed by atoms with Crippen LogP contribution >= 0.6 is 11.3 Å². The maximum atomic E-state index is 4.74. The van der Waals surface area contributed by atoms with E-state index in [1.165, 1.54) is 50.0 Å². The van der Waals surface area contributed by atoms with Crippen LogP contribution < -0.4 is 5.32 Å². The van der Waals surface area contributed by atoms with Crippen molar-refractivity contribution in [1.29, 1.82) is 0 Å². The van der Waals surface area contributed by atoms with Crippen molar-refractivity contribution in [3.8, 4) is 0 Å². The van der Waals surface area contributed by atoms with E-state index in [0.717, 1.165) is 22.5 Å². The molecular weight excluding hydrogens is 338 g/mol. The smallest absolute Gasteiger partial charge is 0.184 e. The van der Waals surface area contributed by atoms with Gasteiger partial charge in [-0.15, -0.1) is 0 Å². The van der Waals surface area contributed by atoms with Gasteiger partial charge in [-0.3, -0.25) is 4.90 Å². The molecule has 138 valence electrons. The van der Waals surface area contributed by atoms with E-state index in [-0.39, 0.29) is 0 Å². The van der Waals surface area contributed by atoms with Crippen LogP contribution in [0.3, 0.4) is 0 Å². The molecule has 2 aromatic rings. The van der Waals surface area contributed by atoms with Crippen molar-refractivity contribution >= 4 is 26.7 Å². The van der Waals surface area contributed by atoms with Gasteiger partial charge in [-0.05, 0) is 55.1 Å². The normalized spacial score (nSPS) is 28.6. The van der Waals surface area contributed by atoms with E-state index in [0.29, 0.717) is 11.5 Å². The third-order valence-electron chi connectivity index (χ3n) is 7.20. The van der Waals surface area contributed by atoms with Gasteiger partial charge in [-0.25, -0.2) is 4.98 Å². The number of hydrogen-bond acceptors (Lipinski definition) is 4. The molecule has 6 rings (SSSR count). The summed E-state index contributed by atoms with van der Waals surface area (Å²) in [5.41, 5.74) is 3.40. The summed E-state index contributed by atoms with van der Waals surface area (Å²) in [5.74, 6) is 1.79. The van der Waals surface area contributed by atoms with Crippen LogP contribution in [0.15, 0.2) is 35.9 Å². The molecule has 1 saturated carbocycles. The molecule has 1 aliphatic heterocycles. The van der Waals surface area contributed by atoms with Crippen molar-refractivity contribution in [2.75, 3.05) is 25.0 Å². The molecule has 0 radical (unpaired) electrons. The lowest BCUT2D eigenvalue weighted by molar-refractivity contribution is -0.0112. The molecule has 3 nitrogen and oxygen atoms in total. The van der Waals surface area contributed by atoms with Crippen LogP contribution in [0.4, 0.5) is 5.13 Å². The molecule has 4 aliphatic rings. The molecule has 2 heterocycles. The number of fused-ring (bicyclic) bond motifs is 2. The minimum atomic E-state index is 0.552. The summed E-state index contributed by atoms with van der Waals surface area (Å²) in [4.78, 5) is 7.41. The summed E-state index contributed by atoms with van der Waals surface area (Å²) >= 11 is 1.78. The summed E-state index contributed by atoms with van der Waals surface area (Å²) in [7, 11) is 0. The number of allylic oxidation sites excluding steroid dienone is 1. The summed E-state index contributed by atoms with van der Waals surface area (Å²) in [6.45, 7) is 8.57. The van der Waals surface area contributed by atoms with E-state index in [2.05, 4.69) is 54.4 Å². The van der Waals surface area contributed by atoms with Crippen molar-refractivity contribution in [2.24, 2.45) is 17.3 Å². The number of benzene rings is 1. The Kier molecular flexibility index (Phi) is 4.09. The minimum Gasteiger partial charge on any atom is -0.359 e. The van der Waals surface area contributed by atoms with Crippen molar-refractivity contribution in [3.63, 3.8) is 0 Å². The highest BCUT2D eigenvalue weighted by molar-refractivity contribution is 7.22. The van der Waals surface area contributed by atoms with Crippen LogP contribution in [0, 0.1) is 17.3 Å². The van der Waals surface area contributed by atoms with Crippen LogP contribution in [0.1, 0.15) is 39.5 Å². The number of aromatic nitrogens is 1. The number of nitrogens with zero attached hydrogens (tertiary/aromatic N) is 2. The maximum Gasteiger partial charge on any atom is 0.184 e. The number of thiazole rings is 1. The molecule has 0 unspecified atom stereocenters. The largest absolute Gasteiger partial charge is 0.359 e. The van der Waals surface area contributed by atoms with Gasteiger partial charge in [0.15, 0.2) is 5.13 Å².